The summed E-state index contributed by atoms with van der Waals surface area (Å²) in [5, 5.41) is 11.8. The Labute approximate surface area is 124 Å². The van der Waals surface area contributed by atoms with E-state index in [1.807, 2.05) is 0 Å². The van der Waals surface area contributed by atoms with Crippen molar-refractivity contribution in [1.82, 2.24) is 10.2 Å². The number of primary amides is 1. The first kappa shape index (κ1) is 17.3. The van der Waals surface area contributed by atoms with Gasteiger partial charge in [0.25, 0.3) is 0 Å². The molecule has 0 aromatic heterocycles. The minimum Gasteiger partial charge on any atom is -0.480 e. The highest BCUT2D eigenvalue weighted by atomic mass is 16.4. The van der Waals surface area contributed by atoms with E-state index in [1.54, 1.807) is 20.8 Å². The summed E-state index contributed by atoms with van der Waals surface area (Å²) in [5.74, 6) is -1.69. The van der Waals surface area contributed by atoms with E-state index < -0.39 is 29.4 Å². The van der Waals surface area contributed by atoms with E-state index in [1.165, 1.54) is 4.90 Å². The Morgan fingerprint density at radius 3 is 2.19 bits per heavy atom. The molecule has 1 aliphatic carbocycles. The van der Waals surface area contributed by atoms with Crippen LogP contribution in [0, 0.1) is 5.41 Å². The maximum absolute atomic E-state index is 12.4. The van der Waals surface area contributed by atoms with Crippen LogP contribution < -0.4 is 11.1 Å². The number of nitrogens with two attached hydrogens (primary N) is 1. The largest absolute Gasteiger partial charge is 0.480 e. The molecule has 1 rings (SSSR count). The number of carbonyl (C=O) groups excluding carboxylic acids is 2. The summed E-state index contributed by atoms with van der Waals surface area (Å²) >= 11 is 0. The second-order valence-corrected chi connectivity index (χ2v) is 6.62. The molecule has 1 atom stereocenters. The van der Waals surface area contributed by atoms with Crippen LogP contribution in [0.25, 0.3) is 0 Å². The fourth-order valence-electron chi connectivity index (χ4n) is 2.61. The van der Waals surface area contributed by atoms with Gasteiger partial charge < -0.3 is 21.1 Å². The standard InChI is InChI=1S/C14H25N3O4/c1-14(2,3)11(12(19)20)16-13(21)17(8-10(15)18)9-6-4-5-7-9/h9,11H,4-8H2,1-3H3,(H2,15,18)(H,16,21)(H,19,20)/t11-/m1/s1. The predicted octanol–water partition coefficient (Wildman–Crippen LogP) is 0.925. The molecule has 1 fully saturated rings. The Morgan fingerprint density at radius 1 is 1.29 bits per heavy atom. The van der Waals surface area contributed by atoms with Gasteiger partial charge in [0.1, 0.15) is 12.6 Å². The van der Waals surface area contributed by atoms with Gasteiger partial charge in [-0.3, -0.25) is 4.79 Å². The van der Waals surface area contributed by atoms with E-state index in [4.69, 9.17) is 5.73 Å². The van der Waals surface area contributed by atoms with Crippen molar-refractivity contribution < 1.29 is 19.5 Å². The number of rotatable bonds is 5. The van der Waals surface area contributed by atoms with Crippen LogP contribution in [0.3, 0.4) is 0 Å². The molecule has 0 aromatic rings. The number of amides is 3. The highest BCUT2D eigenvalue weighted by Crippen LogP contribution is 2.24. The summed E-state index contributed by atoms with van der Waals surface area (Å²) in [7, 11) is 0. The average Bonchev–Trinajstić information content (AvgIpc) is 2.84. The lowest BCUT2D eigenvalue weighted by atomic mass is 9.87. The number of carboxylic acid groups (broad SMARTS) is 1. The molecule has 0 heterocycles. The van der Waals surface area contributed by atoms with Crippen LogP contribution >= 0.6 is 0 Å². The maximum atomic E-state index is 12.4. The smallest absolute Gasteiger partial charge is 0.326 e. The van der Waals surface area contributed by atoms with Gasteiger partial charge >= 0.3 is 12.0 Å². The Hall–Kier alpha value is -1.79. The van der Waals surface area contributed by atoms with Gasteiger partial charge in [0, 0.05) is 6.04 Å². The summed E-state index contributed by atoms with van der Waals surface area (Å²) in [5.41, 5.74) is 4.57. The second kappa shape index (κ2) is 6.78. The Balaban J connectivity index is 2.84. The van der Waals surface area contributed by atoms with E-state index in [0.717, 1.165) is 25.7 Å². The van der Waals surface area contributed by atoms with Gasteiger partial charge in [-0.1, -0.05) is 33.6 Å². The van der Waals surface area contributed by atoms with Crippen molar-refractivity contribution >= 4 is 17.9 Å². The summed E-state index contributed by atoms with van der Waals surface area (Å²) < 4.78 is 0. The normalized spacial score (nSPS) is 17.3. The van der Waals surface area contributed by atoms with Crippen LogP contribution in [0.4, 0.5) is 4.79 Å². The van der Waals surface area contributed by atoms with Crippen molar-refractivity contribution in [3.63, 3.8) is 0 Å². The van der Waals surface area contributed by atoms with Gasteiger partial charge in [0.2, 0.25) is 5.91 Å². The van der Waals surface area contributed by atoms with E-state index >= 15 is 0 Å². The first-order chi connectivity index (χ1) is 9.62. The summed E-state index contributed by atoms with van der Waals surface area (Å²) in [6.45, 7) is 5.02. The molecule has 0 saturated heterocycles. The molecule has 0 unspecified atom stereocenters. The topological polar surface area (TPSA) is 113 Å². The van der Waals surface area contributed by atoms with E-state index in [-0.39, 0.29) is 12.6 Å². The highest BCUT2D eigenvalue weighted by molar-refractivity contribution is 5.86. The van der Waals surface area contributed by atoms with Crippen LogP contribution in [0.5, 0.6) is 0 Å². The van der Waals surface area contributed by atoms with Crippen molar-refractivity contribution in [1.29, 1.82) is 0 Å². The predicted molar refractivity (Wildman–Crippen MR) is 77.6 cm³/mol. The number of hydrogen-bond acceptors (Lipinski definition) is 3. The molecule has 0 spiro atoms. The number of aliphatic carboxylic acids is 1. The molecule has 0 radical (unpaired) electrons. The quantitative estimate of drug-likeness (QED) is 0.700. The van der Waals surface area contributed by atoms with Crippen molar-refractivity contribution in [2.45, 2.75) is 58.5 Å². The van der Waals surface area contributed by atoms with E-state index in [2.05, 4.69) is 5.32 Å². The number of nitrogens with one attached hydrogen (secondary N) is 1. The summed E-state index contributed by atoms with van der Waals surface area (Å²) in [4.78, 5) is 36.2. The number of nitrogens with zero attached hydrogens (tertiary/aromatic N) is 1. The zero-order valence-corrected chi connectivity index (χ0v) is 12.9. The van der Waals surface area contributed by atoms with Gasteiger partial charge in [0.15, 0.2) is 0 Å². The molecule has 0 bridgehead atoms. The molecule has 0 aromatic carbocycles. The van der Waals surface area contributed by atoms with Crippen LogP contribution in [0.2, 0.25) is 0 Å². The molecule has 7 nitrogen and oxygen atoms in total. The van der Waals surface area contributed by atoms with Gasteiger partial charge in [-0.05, 0) is 18.3 Å². The molecule has 120 valence electrons. The molecule has 0 aliphatic heterocycles. The lowest BCUT2D eigenvalue weighted by Gasteiger charge is -2.33. The highest BCUT2D eigenvalue weighted by Gasteiger charge is 2.36. The molecule has 3 amide bonds. The van der Waals surface area contributed by atoms with Gasteiger partial charge in [-0.25, -0.2) is 9.59 Å². The fourth-order valence-corrected chi connectivity index (χ4v) is 2.61. The zero-order chi connectivity index (χ0) is 16.2. The van der Waals surface area contributed by atoms with Crippen LogP contribution in [-0.2, 0) is 9.59 Å². The van der Waals surface area contributed by atoms with Gasteiger partial charge in [-0.15, -0.1) is 0 Å². The lowest BCUT2D eigenvalue weighted by Crippen LogP contribution is -2.56. The average molecular weight is 299 g/mol. The Bertz CT molecular complexity index is 411. The monoisotopic (exact) mass is 299 g/mol. The van der Waals surface area contributed by atoms with Crippen molar-refractivity contribution in [2.75, 3.05) is 6.54 Å². The summed E-state index contributed by atoms with van der Waals surface area (Å²) in [6, 6.07) is -1.61. The van der Waals surface area contributed by atoms with Crippen LogP contribution in [-0.4, -0.2) is 46.5 Å². The minimum atomic E-state index is -1.10. The van der Waals surface area contributed by atoms with E-state index in [0.29, 0.717) is 0 Å². The number of hydrogen-bond donors (Lipinski definition) is 3. The van der Waals surface area contributed by atoms with Gasteiger partial charge in [0.05, 0.1) is 0 Å². The summed E-state index contributed by atoms with van der Waals surface area (Å²) in [6.07, 6.45) is 3.62. The van der Waals surface area contributed by atoms with Crippen molar-refractivity contribution in [2.24, 2.45) is 11.1 Å². The molecule has 1 aliphatic rings. The molecule has 4 N–H and O–H groups in total. The first-order valence-corrected chi connectivity index (χ1v) is 7.21. The lowest BCUT2D eigenvalue weighted by molar-refractivity contribution is -0.142. The SMILES string of the molecule is CC(C)(C)[C@H](NC(=O)N(CC(N)=O)C1CCCC1)C(=O)O. The molecule has 7 heteroatoms. The molecular weight excluding hydrogens is 274 g/mol. The number of urea groups is 1. The Kier molecular flexibility index (Phi) is 5.57. The Morgan fingerprint density at radius 2 is 1.81 bits per heavy atom. The van der Waals surface area contributed by atoms with E-state index in [9.17, 15) is 19.5 Å². The third-order valence-electron chi connectivity index (χ3n) is 3.73. The van der Waals surface area contributed by atoms with Crippen molar-refractivity contribution in [3.8, 4) is 0 Å². The van der Waals surface area contributed by atoms with Crippen molar-refractivity contribution in [3.05, 3.63) is 0 Å². The van der Waals surface area contributed by atoms with Crippen LogP contribution in [0.1, 0.15) is 46.5 Å². The van der Waals surface area contributed by atoms with Gasteiger partial charge in [-0.2, -0.15) is 0 Å². The zero-order valence-electron chi connectivity index (χ0n) is 12.9. The number of carboxylic acids is 1. The third-order valence-corrected chi connectivity index (χ3v) is 3.73. The minimum absolute atomic E-state index is 0.0492. The number of carbonyl (C=O) groups is 3. The third kappa shape index (κ3) is 4.91. The van der Waals surface area contributed by atoms with Crippen LogP contribution in [0.15, 0.2) is 0 Å². The second-order valence-electron chi connectivity index (χ2n) is 6.62. The first-order valence-electron chi connectivity index (χ1n) is 7.21. The fraction of sp³-hybridized carbons (Fsp3) is 0.786. The molecule has 21 heavy (non-hydrogen) atoms. The molecular formula is C14H25N3O4. The maximum Gasteiger partial charge on any atom is 0.326 e. The molecule has 1 saturated carbocycles.